The van der Waals surface area contributed by atoms with E-state index in [9.17, 15) is 9.90 Å². The van der Waals surface area contributed by atoms with Gasteiger partial charge in [-0.05, 0) is 26.3 Å². The number of ether oxygens (including phenoxy) is 1. The van der Waals surface area contributed by atoms with Crippen molar-refractivity contribution in [3.63, 3.8) is 0 Å². The second-order valence-electron chi connectivity index (χ2n) is 5.58. The molecule has 1 aromatic carbocycles. The van der Waals surface area contributed by atoms with Crippen molar-refractivity contribution in [3.05, 3.63) is 58.4 Å². The molecule has 0 amide bonds. The summed E-state index contributed by atoms with van der Waals surface area (Å²) in [6, 6.07) is 9.82. The van der Waals surface area contributed by atoms with Gasteiger partial charge >= 0.3 is 5.97 Å². The first kappa shape index (κ1) is 16.0. The molecule has 3 rings (SSSR count). The van der Waals surface area contributed by atoms with Crippen LogP contribution in [-0.4, -0.2) is 32.3 Å². The number of carbonyl (C=O) groups excluding carboxylic acids is 1. The number of hydrogen-bond acceptors (Lipinski definition) is 5. The number of hydrogen-bond donors (Lipinski definition) is 1. The van der Waals surface area contributed by atoms with E-state index >= 15 is 0 Å². The third-order valence-corrected chi connectivity index (χ3v) is 3.92. The molecule has 24 heavy (non-hydrogen) atoms. The van der Waals surface area contributed by atoms with Crippen LogP contribution in [0.2, 0.25) is 0 Å². The molecule has 124 valence electrons. The lowest BCUT2D eigenvalue weighted by Crippen LogP contribution is -2.08. The summed E-state index contributed by atoms with van der Waals surface area (Å²) in [4.78, 5) is 16.6. The van der Waals surface area contributed by atoms with E-state index in [-0.39, 0.29) is 12.5 Å². The molecule has 1 N–H and O–H groups in total. The standard InChI is InChI=1S/C18H19N3O3/c1-4-24-18(23)15-12(3)20-21-16(15)19-11(2)14(17(21)22)10-13-8-6-5-7-9-13/h5-9,22H,4,10H2,1-3H3. The zero-order valence-electron chi connectivity index (χ0n) is 13.9. The molecule has 0 aliphatic heterocycles. The topological polar surface area (TPSA) is 76.7 Å². The Bertz CT molecular complexity index is 901. The molecular formula is C18H19N3O3. The SMILES string of the molecule is CCOC(=O)c1c(C)nn2c(O)c(Cc3ccccc3)c(C)nc12. The van der Waals surface area contributed by atoms with E-state index in [0.29, 0.717) is 34.6 Å². The van der Waals surface area contributed by atoms with E-state index < -0.39 is 5.97 Å². The summed E-state index contributed by atoms with van der Waals surface area (Å²) in [5.74, 6) is -0.480. The van der Waals surface area contributed by atoms with Crippen LogP contribution in [0.4, 0.5) is 0 Å². The molecule has 0 bridgehead atoms. The van der Waals surface area contributed by atoms with Crippen molar-refractivity contribution in [2.45, 2.75) is 27.2 Å². The Kier molecular flexibility index (Phi) is 4.20. The van der Waals surface area contributed by atoms with E-state index in [1.807, 2.05) is 37.3 Å². The highest BCUT2D eigenvalue weighted by molar-refractivity contribution is 5.97. The van der Waals surface area contributed by atoms with E-state index in [1.54, 1.807) is 13.8 Å². The molecule has 0 saturated heterocycles. The van der Waals surface area contributed by atoms with Crippen molar-refractivity contribution >= 4 is 11.6 Å². The zero-order chi connectivity index (χ0) is 17.3. The number of aromatic nitrogens is 3. The highest BCUT2D eigenvalue weighted by Crippen LogP contribution is 2.27. The Hall–Kier alpha value is -2.89. The second kappa shape index (κ2) is 6.31. The van der Waals surface area contributed by atoms with Crippen molar-refractivity contribution in [1.29, 1.82) is 0 Å². The molecule has 0 saturated carbocycles. The third kappa shape index (κ3) is 2.71. The molecule has 6 nitrogen and oxygen atoms in total. The van der Waals surface area contributed by atoms with E-state index in [0.717, 1.165) is 5.56 Å². The maximum atomic E-state index is 12.1. The predicted octanol–water partition coefficient (Wildman–Crippen LogP) is 2.82. The highest BCUT2D eigenvalue weighted by atomic mass is 16.5. The van der Waals surface area contributed by atoms with Gasteiger partial charge < -0.3 is 9.84 Å². The number of esters is 1. The number of fused-ring (bicyclic) bond motifs is 1. The molecule has 0 fully saturated rings. The zero-order valence-corrected chi connectivity index (χ0v) is 13.9. The van der Waals surface area contributed by atoms with Gasteiger partial charge in [0.2, 0.25) is 5.88 Å². The third-order valence-electron chi connectivity index (χ3n) is 3.92. The Morgan fingerprint density at radius 1 is 1.21 bits per heavy atom. The number of rotatable bonds is 4. The van der Waals surface area contributed by atoms with Crippen molar-refractivity contribution in [1.82, 2.24) is 14.6 Å². The minimum Gasteiger partial charge on any atom is -0.493 e. The minimum absolute atomic E-state index is 0.00000142. The molecular weight excluding hydrogens is 306 g/mol. The number of nitrogens with zero attached hydrogens (tertiary/aromatic N) is 3. The van der Waals surface area contributed by atoms with Crippen LogP contribution in [0.3, 0.4) is 0 Å². The van der Waals surface area contributed by atoms with Gasteiger partial charge in [0.1, 0.15) is 5.56 Å². The van der Waals surface area contributed by atoms with Crippen LogP contribution in [0, 0.1) is 13.8 Å². The van der Waals surface area contributed by atoms with Crippen molar-refractivity contribution in [2.75, 3.05) is 6.61 Å². The smallest absolute Gasteiger partial charge is 0.343 e. The second-order valence-corrected chi connectivity index (χ2v) is 5.58. The summed E-state index contributed by atoms with van der Waals surface area (Å²) in [6.07, 6.45) is 0.537. The van der Waals surface area contributed by atoms with Crippen LogP contribution in [0.15, 0.2) is 30.3 Å². The van der Waals surface area contributed by atoms with Crippen LogP contribution in [0.1, 0.15) is 39.8 Å². The summed E-state index contributed by atoms with van der Waals surface area (Å²) in [7, 11) is 0. The molecule has 0 aliphatic carbocycles. The molecule has 0 atom stereocenters. The Balaban J connectivity index is 2.13. The molecule has 0 aliphatic rings. The van der Waals surface area contributed by atoms with Gasteiger partial charge in [-0.25, -0.2) is 9.78 Å². The fourth-order valence-electron chi connectivity index (χ4n) is 2.73. The lowest BCUT2D eigenvalue weighted by Gasteiger charge is -2.10. The van der Waals surface area contributed by atoms with E-state index in [1.165, 1.54) is 4.52 Å². The van der Waals surface area contributed by atoms with Crippen molar-refractivity contribution in [3.8, 4) is 5.88 Å². The van der Waals surface area contributed by atoms with Gasteiger partial charge in [0.15, 0.2) is 5.65 Å². The van der Waals surface area contributed by atoms with Gasteiger partial charge in [-0.1, -0.05) is 30.3 Å². The van der Waals surface area contributed by atoms with Gasteiger partial charge in [-0.3, -0.25) is 0 Å². The van der Waals surface area contributed by atoms with Crippen molar-refractivity contribution in [2.24, 2.45) is 0 Å². The summed E-state index contributed by atoms with van der Waals surface area (Å²) in [5.41, 5.74) is 3.50. The predicted molar refractivity (Wildman–Crippen MR) is 89.3 cm³/mol. The largest absolute Gasteiger partial charge is 0.493 e. The summed E-state index contributed by atoms with van der Waals surface area (Å²) in [5, 5.41) is 14.9. The van der Waals surface area contributed by atoms with Gasteiger partial charge in [-0.2, -0.15) is 9.61 Å². The molecule has 6 heteroatoms. The number of aromatic hydroxyl groups is 1. The van der Waals surface area contributed by atoms with Crippen LogP contribution in [0.5, 0.6) is 5.88 Å². The van der Waals surface area contributed by atoms with E-state index in [4.69, 9.17) is 4.74 Å². The van der Waals surface area contributed by atoms with E-state index in [2.05, 4.69) is 10.1 Å². The number of carbonyl (C=O) groups is 1. The molecule has 0 radical (unpaired) electrons. The highest BCUT2D eigenvalue weighted by Gasteiger charge is 2.23. The average molecular weight is 325 g/mol. The summed E-state index contributed by atoms with van der Waals surface area (Å²) >= 11 is 0. The lowest BCUT2D eigenvalue weighted by molar-refractivity contribution is 0.0527. The van der Waals surface area contributed by atoms with Gasteiger partial charge in [-0.15, -0.1) is 0 Å². The molecule has 0 spiro atoms. The number of benzene rings is 1. The quantitative estimate of drug-likeness (QED) is 0.746. The van der Waals surface area contributed by atoms with Crippen LogP contribution in [0.25, 0.3) is 5.65 Å². The molecule has 3 aromatic rings. The van der Waals surface area contributed by atoms with Gasteiger partial charge in [0.05, 0.1) is 12.3 Å². The fourth-order valence-corrected chi connectivity index (χ4v) is 2.73. The molecule has 0 unspecified atom stereocenters. The Morgan fingerprint density at radius 3 is 2.58 bits per heavy atom. The Morgan fingerprint density at radius 2 is 1.92 bits per heavy atom. The Labute approximate surface area is 139 Å². The van der Waals surface area contributed by atoms with Crippen molar-refractivity contribution < 1.29 is 14.6 Å². The van der Waals surface area contributed by atoms with Crippen LogP contribution in [-0.2, 0) is 11.2 Å². The van der Waals surface area contributed by atoms with Gasteiger partial charge in [0, 0.05) is 17.7 Å². The van der Waals surface area contributed by atoms with Crippen LogP contribution < -0.4 is 0 Å². The molecule has 2 aromatic heterocycles. The maximum absolute atomic E-state index is 12.1. The normalized spacial score (nSPS) is 11.0. The fraction of sp³-hybridized carbons (Fsp3) is 0.278. The monoisotopic (exact) mass is 325 g/mol. The van der Waals surface area contributed by atoms with Gasteiger partial charge in [0.25, 0.3) is 0 Å². The molecule has 2 heterocycles. The first-order chi connectivity index (χ1) is 11.5. The average Bonchev–Trinajstić information content (AvgIpc) is 2.89. The van der Waals surface area contributed by atoms with Crippen LogP contribution >= 0.6 is 0 Å². The summed E-state index contributed by atoms with van der Waals surface area (Å²) < 4.78 is 6.38. The lowest BCUT2D eigenvalue weighted by atomic mass is 10.0. The maximum Gasteiger partial charge on any atom is 0.343 e. The first-order valence-corrected chi connectivity index (χ1v) is 7.81. The summed E-state index contributed by atoms with van der Waals surface area (Å²) in [6.45, 7) is 5.53. The minimum atomic E-state index is -0.480. The first-order valence-electron chi connectivity index (χ1n) is 7.81. The number of aryl methyl sites for hydroxylation is 2.